The number of rotatable bonds is 7. The minimum atomic E-state index is 0.619. The van der Waals surface area contributed by atoms with Crippen molar-refractivity contribution in [2.24, 2.45) is 5.41 Å². The summed E-state index contributed by atoms with van der Waals surface area (Å²) < 4.78 is 0. The van der Waals surface area contributed by atoms with E-state index in [1.54, 1.807) is 0 Å². The molecular weight excluding hydrogens is 240 g/mol. The number of hydrogen-bond acceptors (Lipinski definition) is 3. The van der Waals surface area contributed by atoms with Gasteiger partial charge in [0.05, 0.1) is 0 Å². The Bertz CT molecular complexity index is 330. The molecule has 1 aliphatic heterocycles. The van der Waals surface area contributed by atoms with E-state index in [2.05, 4.69) is 41.6 Å². The van der Waals surface area contributed by atoms with Gasteiger partial charge in [-0.05, 0) is 42.7 Å². The van der Waals surface area contributed by atoms with E-state index in [1.165, 1.54) is 43.8 Å². The molecule has 3 heteroatoms. The first-order chi connectivity index (χ1) is 8.78. The van der Waals surface area contributed by atoms with Gasteiger partial charge in [0.25, 0.3) is 0 Å². The van der Waals surface area contributed by atoms with Crippen molar-refractivity contribution in [2.75, 3.05) is 26.2 Å². The molecule has 0 amide bonds. The fraction of sp³-hybridized carbons (Fsp3) is 0.733. The molecule has 1 aliphatic rings. The van der Waals surface area contributed by atoms with Crippen molar-refractivity contribution in [3.8, 4) is 0 Å². The van der Waals surface area contributed by atoms with Gasteiger partial charge in [-0.1, -0.05) is 19.9 Å². The van der Waals surface area contributed by atoms with Crippen molar-refractivity contribution in [3.63, 3.8) is 0 Å². The lowest BCUT2D eigenvalue weighted by Crippen LogP contribution is -2.32. The standard InChI is InChI=1S/C15H26N2S/c1-3-15(4-2)7-9-17(13-15)10-8-16-12-14-6-5-11-18-14/h5-6,11,16H,3-4,7-10,12-13H2,1-2H3. The van der Waals surface area contributed by atoms with Gasteiger partial charge in [-0.3, -0.25) is 0 Å². The molecule has 0 radical (unpaired) electrons. The van der Waals surface area contributed by atoms with Crippen molar-refractivity contribution in [1.82, 2.24) is 10.2 Å². The van der Waals surface area contributed by atoms with Gasteiger partial charge < -0.3 is 10.2 Å². The zero-order valence-electron chi connectivity index (χ0n) is 11.7. The van der Waals surface area contributed by atoms with Gasteiger partial charge in [0.2, 0.25) is 0 Å². The van der Waals surface area contributed by atoms with Crippen LogP contribution in [0.2, 0.25) is 0 Å². The third kappa shape index (κ3) is 3.56. The van der Waals surface area contributed by atoms with Gasteiger partial charge in [0, 0.05) is 31.1 Å². The molecule has 0 aromatic carbocycles. The monoisotopic (exact) mass is 266 g/mol. The van der Waals surface area contributed by atoms with Crippen LogP contribution >= 0.6 is 11.3 Å². The summed E-state index contributed by atoms with van der Waals surface area (Å²) in [5.74, 6) is 0. The van der Waals surface area contributed by atoms with Crippen molar-refractivity contribution >= 4 is 11.3 Å². The summed E-state index contributed by atoms with van der Waals surface area (Å²) >= 11 is 1.84. The second kappa shape index (κ2) is 6.69. The highest BCUT2D eigenvalue weighted by Gasteiger charge is 2.34. The Hall–Kier alpha value is -0.380. The molecule has 1 N–H and O–H groups in total. The quantitative estimate of drug-likeness (QED) is 0.761. The normalized spacial score (nSPS) is 19.4. The summed E-state index contributed by atoms with van der Waals surface area (Å²) in [6.07, 6.45) is 4.07. The van der Waals surface area contributed by atoms with E-state index >= 15 is 0 Å². The Morgan fingerprint density at radius 1 is 1.39 bits per heavy atom. The zero-order chi connectivity index (χ0) is 12.8. The third-order valence-corrected chi connectivity index (χ3v) is 5.38. The average molecular weight is 266 g/mol. The highest BCUT2D eigenvalue weighted by molar-refractivity contribution is 7.09. The van der Waals surface area contributed by atoms with Crippen LogP contribution in [0.25, 0.3) is 0 Å². The van der Waals surface area contributed by atoms with Crippen LogP contribution in [0.1, 0.15) is 38.0 Å². The molecule has 0 bridgehead atoms. The van der Waals surface area contributed by atoms with E-state index in [0.717, 1.165) is 13.1 Å². The maximum Gasteiger partial charge on any atom is 0.0300 e. The number of nitrogens with one attached hydrogen (secondary N) is 1. The summed E-state index contributed by atoms with van der Waals surface area (Å²) in [5, 5.41) is 5.69. The SMILES string of the molecule is CCC1(CC)CCN(CCNCc2cccs2)C1. The molecule has 0 unspecified atom stereocenters. The maximum atomic E-state index is 3.55. The van der Waals surface area contributed by atoms with Crippen LogP contribution < -0.4 is 5.32 Å². The van der Waals surface area contributed by atoms with E-state index in [-0.39, 0.29) is 0 Å². The topological polar surface area (TPSA) is 15.3 Å². The van der Waals surface area contributed by atoms with Crippen molar-refractivity contribution in [2.45, 2.75) is 39.7 Å². The van der Waals surface area contributed by atoms with E-state index in [1.807, 2.05) is 11.3 Å². The molecule has 0 spiro atoms. The van der Waals surface area contributed by atoms with Crippen LogP contribution in [-0.4, -0.2) is 31.1 Å². The lowest BCUT2D eigenvalue weighted by atomic mass is 9.82. The smallest absolute Gasteiger partial charge is 0.0300 e. The molecule has 1 aromatic heterocycles. The number of thiophene rings is 1. The number of likely N-dealkylation sites (tertiary alicyclic amines) is 1. The fourth-order valence-corrected chi connectivity index (χ4v) is 3.58. The number of hydrogen-bond donors (Lipinski definition) is 1. The van der Waals surface area contributed by atoms with Crippen LogP contribution in [0.4, 0.5) is 0 Å². The Kier molecular flexibility index (Phi) is 5.22. The van der Waals surface area contributed by atoms with Gasteiger partial charge in [-0.15, -0.1) is 11.3 Å². The van der Waals surface area contributed by atoms with Crippen LogP contribution in [0.3, 0.4) is 0 Å². The third-order valence-electron chi connectivity index (χ3n) is 4.50. The maximum absolute atomic E-state index is 3.55. The Balaban J connectivity index is 1.63. The predicted octanol–water partition coefficient (Wildman–Crippen LogP) is 3.35. The second-order valence-corrected chi connectivity index (χ2v) is 6.52. The summed E-state index contributed by atoms with van der Waals surface area (Å²) in [4.78, 5) is 4.07. The van der Waals surface area contributed by atoms with Crippen LogP contribution in [0.5, 0.6) is 0 Å². The van der Waals surface area contributed by atoms with Gasteiger partial charge in [-0.2, -0.15) is 0 Å². The highest BCUT2D eigenvalue weighted by atomic mass is 32.1. The molecule has 1 saturated heterocycles. The second-order valence-electron chi connectivity index (χ2n) is 5.49. The first-order valence-corrected chi connectivity index (χ1v) is 8.11. The van der Waals surface area contributed by atoms with Crippen molar-refractivity contribution < 1.29 is 0 Å². The lowest BCUT2D eigenvalue weighted by molar-refractivity contribution is 0.240. The summed E-state index contributed by atoms with van der Waals surface area (Å²) in [6.45, 7) is 10.6. The number of nitrogens with zero attached hydrogens (tertiary/aromatic N) is 1. The van der Waals surface area contributed by atoms with E-state index in [0.29, 0.717) is 5.41 Å². The van der Waals surface area contributed by atoms with Crippen molar-refractivity contribution in [1.29, 1.82) is 0 Å². The molecule has 102 valence electrons. The van der Waals surface area contributed by atoms with E-state index < -0.39 is 0 Å². The molecule has 2 heterocycles. The molecule has 1 fully saturated rings. The molecule has 0 aliphatic carbocycles. The fourth-order valence-electron chi connectivity index (χ4n) is 2.91. The zero-order valence-corrected chi connectivity index (χ0v) is 12.6. The van der Waals surface area contributed by atoms with Gasteiger partial charge in [0.1, 0.15) is 0 Å². The van der Waals surface area contributed by atoms with Crippen molar-refractivity contribution in [3.05, 3.63) is 22.4 Å². The lowest BCUT2D eigenvalue weighted by Gasteiger charge is -2.26. The molecule has 18 heavy (non-hydrogen) atoms. The summed E-state index contributed by atoms with van der Waals surface area (Å²) in [7, 11) is 0. The molecule has 1 aromatic rings. The van der Waals surface area contributed by atoms with Crippen LogP contribution in [0, 0.1) is 5.41 Å². The van der Waals surface area contributed by atoms with Gasteiger partial charge in [0.15, 0.2) is 0 Å². The Morgan fingerprint density at radius 3 is 2.83 bits per heavy atom. The first-order valence-electron chi connectivity index (χ1n) is 7.23. The summed E-state index contributed by atoms with van der Waals surface area (Å²) in [6, 6.07) is 4.33. The Morgan fingerprint density at radius 2 is 2.22 bits per heavy atom. The minimum Gasteiger partial charge on any atom is -0.311 e. The Labute approximate surface area is 115 Å². The molecule has 0 atom stereocenters. The first kappa shape index (κ1) is 14.0. The summed E-state index contributed by atoms with van der Waals surface area (Å²) in [5.41, 5.74) is 0.619. The van der Waals surface area contributed by atoms with Gasteiger partial charge >= 0.3 is 0 Å². The van der Waals surface area contributed by atoms with E-state index in [4.69, 9.17) is 0 Å². The molecular formula is C15H26N2S. The molecule has 0 saturated carbocycles. The van der Waals surface area contributed by atoms with Crippen LogP contribution in [-0.2, 0) is 6.54 Å². The van der Waals surface area contributed by atoms with E-state index in [9.17, 15) is 0 Å². The molecule has 2 rings (SSSR count). The average Bonchev–Trinajstić information content (AvgIpc) is 3.05. The predicted molar refractivity (Wildman–Crippen MR) is 80.1 cm³/mol. The van der Waals surface area contributed by atoms with Gasteiger partial charge in [-0.25, -0.2) is 0 Å². The molecule has 2 nitrogen and oxygen atoms in total. The minimum absolute atomic E-state index is 0.619. The highest BCUT2D eigenvalue weighted by Crippen LogP contribution is 2.36. The largest absolute Gasteiger partial charge is 0.311 e. The van der Waals surface area contributed by atoms with Crippen LogP contribution in [0.15, 0.2) is 17.5 Å².